The quantitative estimate of drug-likeness (QED) is 0.864. The fraction of sp³-hybridized carbons (Fsp3) is 0.333. The molecule has 0 spiro atoms. The smallest absolute Gasteiger partial charge is 0.220 e. The van der Waals surface area contributed by atoms with E-state index in [2.05, 4.69) is 46.7 Å². The van der Waals surface area contributed by atoms with E-state index in [0.29, 0.717) is 6.42 Å². The summed E-state index contributed by atoms with van der Waals surface area (Å²) in [6.07, 6.45) is 4.80. The average Bonchev–Trinajstić information content (AvgIpc) is 2.92. The van der Waals surface area contributed by atoms with Crippen LogP contribution in [-0.4, -0.2) is 16.1 Å². The Bertz CT molecular complexity index is 517. The molecule has 2 N–H and O–H groups in total. The van der Waals surface area contributed by atoms with Crippen molar-refractivity contribution in [2.75, 3.05) is 0 Å². The molecule has 1 unspecified atom stereocenters. The first-order valence-electron chi connectivity index (χ1n) is 6.49. The summed E-state index contributed by atoms with van der Waals surface area (Å²) in [5.41, 5.74) is 3.42. The fourth-order valence-corrected chi connectivity index (χ4v) is 1.91. The van der Waals surface area contributed by atoms with Crippen LogP contribution in [0.5, 0.6) is 0 Å². The molecule has 4 nitrogen and oxygen atoms in total. The number of aromatic nitrogens is 2. The molecule has 0 radical (unpaired) electrons. The lowest BCUT2D eigenvalue weighted by molar-refractivity contribution is -0.121. The van der Waals surface area contributed by atoms with E-state index in [0.717, 1.165) is 12.0 Å². The summed E-state index contributed by atoms with van der Waals surface area (Å²) < 4.78 is 0. The van der Waals surface area contributed by atoms with E-state index in [1.54, 1.807) is 12.4 Å². The summed E-state index contributed by atoms with van der Waals surface area (Å²) in [5.74, 6) is 0.0641. The van der Waals surface area contributed by atoms with Crippen LogP contribution in [0.3, 0.4) is 0 Å². The lowest BCUT2D eigenvalue weighted by Gasteiger charge is -2.11. The van der Waals surface area contributed by atoms with Crippen molar-refractivity contribution >= 4 is 5.91 Å². The highest BCUT2D eigenvalue weighted by atomic mass is 16.1. The number of nitrogens with one attached hydrogen (secondary N) is 2. The topological polar surface area (TPSA) is 57.8 Å². The Balaban J connectivity index is 1.80. The minimum atomic E-state index is -0.00994. The van der Waals surface area contributed by atoms with Gasteiger partial charge in [-0.15, -0.1) is 0 Å². The summed E-state index contributed by atoms with van der Waals surface area (Å²) in [6, 6.07) is 8.27. The molecular formula is C15H19N3O. The number of benzene rings is 1. The minimum Gasteiger partial charge on any atom is -0.349 e. The summed E-state index contributed by atoms with van der Waals surface area (Å²) in [6.45, 7) is 4.01. The van der Waals surface area contributed by atoms with Gasteiger partial charge in [0.25, 0.3) is 0 Å². The standard InChI is InChI=1S/C15H19N3O/c1-11-3-5-13(6-4-11)7-8-15(19)18-12(2)14-9-16-17-10-14/h3-6,9-10,12H,7-8H2,1-2H3,(H,16,17)(H,18,19). The second kappa shape index (κ2) is 6.18. The highest BCUT2D eigenvalue weighted by Crippen LogP contribution is 2.10. The van der Waals surface area contributed by atoms with E-state index < -0.39 is 0 Å². The molecule has 0 saturated carbocycles. The molecule has 1 aromatic carbocycles. The Labute approximate surface area is 113 Å². The summed E-state index contributed by atoms with van der Waals surface area (Å²) >= 11 is 0. The second-order valence-electron chi connectivity index (χ2n) is 4.81. The molecule has 0 aliphatic heterocycles. The van der Waals surface area contributed by atoms with Crippen LogP contribution in [0.2, 0.25) is 0 Å². The lowest BCUT2D eigenvalue weighted by Crippen LogP contribution is -2.26. The third-order valence-electron chi connectivity index (χ3n) is 3.16. The van der Waals surface area contributed by atoms with Gasteiger partial charge < -0.3 is 5.32 Å². The zero-order valence-electron chi connectivity index (χ0n) is 11.3. The Morgan fingerprint density at radius 1 is 1.37 bits per heavy atom. The van der Waals surface area contributed by atoms with Gasteiger partial charge >= 0.3 is 0 Å². The molecule has 0 fully saturated rings. The van der Waals surface area contributed by atoms with Crippen LogP contribution in [0.1, 0.15) is 36.1 Å². The highest BCUT2D eigenvalue weighted by Gasteiger charge is 2.10. The van der Waals surface area contributed by atoms with Crippen molar-refractivity contribution in [3.05, 3.63) is 53.3 Å². The Morgan fingerprint density at radius 3 is 2.74 bits per heavy atom. The predicted molar refractivity (Wildman–Crippen MR) is 74.6 cm³/mol. The molecule has 4 heteroatoms. The molecule has 100 valence electrons. The number of hydrogen-bond acceptors (Lipinski definition) is 2. The molecule has 19 heavy (non-hydrogen) atoms. The van der Waals surface area contributed by atoms with Crippen molar-refractivity contribution in [1.82, 2.24) is 15.5 Å². The molecule has 0 saturated heterocycles. The maximum Gasteiger partial charge on any atom is 0.220 e. The molecule has 1 heterocycles. The van der Waals surface area contributed by atoms with Crippen LogP contribution in [0.15, 0.2) is 36.7 Å². The third kappa shape index (κ3) is 3.95. The van der Waals surface area contributed by atoms with Gasteiger partial charge in [-0.05, 0) is 25.8 Å². The van der Waals surface area contributed by atoms with E-state index in [1.807, 2.05) is 6.92 Å². The van der Waals surface area contributed by atoms with Gasteiger partial charge in [0.1, 0.15) is 0 Å². The number of rotatable bonds is 5. The van der Waals surface area contributed by atoms with Crippen molar-refractivity contribution in [1.29, 1.82) is 0 Å². The first-order valence-corrected chi connectivity index (χ1v) is 6.49. The van der Waals surface area contributed by atoms with Crippen LogP contribution in [0.4, 0.5) is 0 Å². The molecule has 1 atom stereocenters. The number of carbonyl (C=O) groups is 1. The van der Waals surface area contributed by atoms with Crippen LogP contribution in [-0.2, 0) is 11.2 Å². The maximum atomic E-state index is 11.8. The first kappa shape index (κ1) is 13.3. The van der Waals surface area contributed by atoms with E-state index in [4.69, 9.17) is 0 Å². The maximum absolute atomic E-state index is 11.8. The third-order valence-corrected chi connectivity index (χ3v) is 3.16. The SMILES string of the molecule is Cc1ccc(CCC(=O)NC(C)c2cn[nH]c2)cc1. The molecule has 2 aromatic rings. The summed E-state index contributed by atoms with van der Waals surface area (Å²) in [4.78, 5) is 11.8. The zero-order chi connectivity index (χ0) is 13.7. The van der Waals surface area contributed by atoms with Gasteiger partial charge in [0.2, 0.25) is 5.91 Å². The van der Waals surface area contributed by atoms with Crippen LogP contribution in [0, 0.1) is 6.92 Å². The summed E-state index contributed by atoms with van der Waals surface area (Å²) in [5, 5.41) is 9.59. The van der Waals surface area contributed by atoms with Crippen molar-refractivity contribution < 1.29 is 4.79 Å². The highest BCUT2D eigenvalue weighted by molar-refractivity contribution is 5.76. The molecular weight excluding hydrogens is 238 g/mol. The molecule has 1 amide bonds. The number of nitrogens with zero attached hydrogens (tertiary/aromatic N) is 1. The zero-order valence-corrected chi connectivity index (χ0v) is 11.3. The number of aromatic amines is 1. The van der Waals surface area contributed by atoms with Crippen molar-refractivity contribution in [2.45, 2.75) is 32.7 Å². The average molecular weight is 257 g/mol. The van der Waals surface area contributed by atoms with Gasteiger partial charge in [0, 0.05) is 18.2 Å². The van der Waals surface area contributed by atoms with E-state index in [1.165, 1.54) is 11.1 Å². The van der Waals surface area contributed by atoms with Crippen LogP contribution in [0.25, 0.3) is 0 Å². The van der Waals surface area contributed by atoms with Crippen LogP contribution >= 0.6 is 0 Å². The molecule has 2 rings (SSSR count). The molecule has 0 aliphatic carbocycles. The monoisotopic (exact) mass is 257 g/mol. The second-order valence-corrected chi connectivity index (χ2v) is 4.81. The lowest BCUT2D eigenvalue weighted by atomic mass is 10.1. The Morgan fingerprint density at radius 2 is 2.11 bits per heavy atom. The minimum absolute atomic E-state index is 0.00994. The summed E-state index contributed by atoms with van der Waals surface area (Å²) in [7, 11) is 0. The van der Waals surface area contributed by atoms with Crippen molar-refractivity contribution in [2.24, 2.45) is 0 Å². The number of carbonyl (C=O) groups excluding carboxylic acids is 1. The predicted octanol–water partition coefficient (Wildman–Crippen LogP) is 2.53. The van der Waals surface area contributed by atoms with Crippen molar-refractivity contribution in [3.8, 4) is 0 Å². The van der Waals surface area contributed by atoms with Crippen molar-refractivity contribution in [3.63, 3.8) is 0 Å². The Kier molecular flexibility index (Phi) is 4.34. The number of hydrogen-bond donors (Lipinski definition) is 2. The Hall–Kier alpha value is -2.10. The van der Waals surface area contributed by atoms with E-state index in [9.17, 15) is 4.79 Å². The first-order chi connectivity index (χ1) is 9.15. The normalized spacial score (nSPS) is 12.1. The van der Waals surface area contributed by atoms with Gasteiger partial charge in [-0.1, -0.05) is 29.8 Å². The molecule has 0 bridgehead atoms. The van der Waals surface area contributed by atoms with Gasteiger partial charge in [0.15, 0.2) is 0 Å². The van der Waals surface area contributed by atoms with Gasteiger partial charge in [-0.25, -0.2) is 0 Å². The van der Waals surface area contributed by atoms with E-state index >= 15 is 0 Å². The molecule has 0 aliphatic rings. The number of H-pyrrole nitrogens is 1. The van der Waals surface area contributed by atoms with Gasteiger partial charge in [0.05, 0.1) is 12.2 Å². The van der Waals surface area contributed by atoms with Crippen LogP contribution < -0.4 is 5.32 Å². The number of aryl methyl sites for hydroxylation is 2. The van der Waals surface area contributed by atoms with Gasteiger partial charge in [-0.3, -0.25) is 9.89 Å². The fourth-order valence-electron chi connectivity index (χ4n) is 1.91. The van der Waals surface area contributed by atoms with Gasteiger partial charge in [-0.2, -0.15) is 5.10 Å². The largest absolute Gasteiger partial charge is 0.349 e. The molecule has 1 aromatic heterocycles. The number of amides is 1. The van der Waals surface area contributed by atoms with E-state index in [-0.39, 0.29) is 11.9 Å².